The van der Waals surface area contributed by atoms with Crippen molar-refractivity contribution in [2.24, 2.45) is 0 Å². The Balaban J connectivity index is 2.55. The van der Waals surface area contributed by atoms with Gasteiger partial charge in [-0.2, -0.15) is 0 Å². The van der Waals surface area contributed by atoms with Gasteiger partial charge in [0.1, 0.15) is 0 Å². The maximum atomic E-state index is 11.6. The number of nitrogens with one attached hydrogen (secondary N) is 1. The maximum absolute atomic E-state index is 11.6. The van der Waals surface area contributed by atoms with Crippen molar-refractivity contribution in [3.05, 3.63) is 35.4 Å². The van der Waals surface area contributed by atoms with E-state index in [0.29, 0.717) is 18.2 Å². The van der Waals surface area contributed by atoms with Crippen LogP contribution in [0.25, 0.3) is 0 Å². The highest BCUT2D eigenvalue weighted by Gasteiger charge is 2.11. The molecule has 0 saturated carbocycles. The summed E-state index contributed by atoms with van der Waals surface area (Å²) < 4.78 is 4.79. The molecule has 106 valence electrons. The zero-order valence-electron chi connectivity index (χ0n) is 12.3. The van der Waals surface area contributed by atoms with Crippen molar-refractivity contribution in [2.45, 2.75) is 25.9 Å². The third-order valence-electron chi connectivity index (χ3n) is 3.07. The first-order valence-corrected chi connectivity index (χ1v) is 6.59. The molecule has 1 N–H and O–H groups in total. The molecule has 1 unspecified atom stereocenters. The van der Waals surface area contributed by atoms with E-state index < -0.39 is 0 Å². The summed E-state index contributed by atoms with van der Waals surface area (Å²) >= 11 is 0. The molecule has 0 fully saturated rings. The molecule has 0 spiro atoms. The van der Waals surface area contributed by atoms with Crippen LogP contribution in [0.5, 0.6) is 0 Å². The number of esters is 1. The largest absolute Gasteiger partial charge is 0.465 e. The Morgan fingerprint density at radius 2 is 2.05 bits per heavy atom. The number of nitrogens with zero attached hydrogens (tertiary/aromatic N) is 1. The van der Waals surface area contributed by atoms with Crippen LogP contribution in [-0.4, -0.2) is 44.7 Å². The van der Waals surface area contributed by atoms with Crippen molar-refractivity contribution in [3.8, 4) is 0 Å². The molecule has 19 heavy (non-hydrogen) atoms. The van der Waals surface area contributed by atoms with E-state index in [1.807, 2.05) is 18.2 Å². The van der Waals surface area contributed by atoms with Gasteiger partial charge in [-0.1, -0.05) is 18.2 Å². The van der Waals surface area contributed by atoms with Crippen molar-refractivity contribution in [3.63, 3.8) is 0 Å². The SMILES string of the molecule is COC(=O)c1ccccc1CNC(C)CCN(C)C. The third kappa shape index (κ3) is 5.41. The first-order chi connectivity index (χ1) is 9.04. The minimum Gasteiger partial charge on any atom is -0.465 e. The summed E-state index contributed by atoms with van der Waals surface area (Å²) in [5.74, 6) is -0.279. The fraction of sp³-hybridized carbons (Fsp3) is 0.533. The fourth-order valence-electron chi connectivity index (χ4n) is 1.82. The molecule has 0 bridgehead atoms. The summed E-state index contributed by atoms with van der Waals surface area (Å²) in [5, 5.41) is 3.44. The molecule has 0 amide bonds. The number of carbonyl (C=O) groups is 1. The van der Waals surface area contributed by atoms with Gasteiger partial charge in [0.25, 0.3) is 0 Å². The second-order valence-corrected chi connectivity index (χ2v) is 5.02. The first kappa shape index (κ1) is 15.7. The van der Waals surface area contributed by atoms with E-state index >= 15 is 0 Å². The summed E-state index contributed by atoms with van der Waals surface area (Å²) in [6, 6.07) is 7.96. The van der Waals surface area contributed by atoms with Gasteiger partial charge in [-0.3, -0.25) is 0 Å². The second kappa shape index (κ2) is 7.92. The summed E-state index contributed by atoms with van der Waals surface area (Å²) in [4.78, 5) is 13.8. The van der Waals surface area contributed by atoms with Crippen molar-refractivity contribution in [1.29, 1.82) is 0 Å². The molecule has 0 aliphatic heterocycles. The zero-order valence-corrected chi connectivity index (χ0v) is 12.3. The number of benzene rings is 1. The van der Waals surface area contributed by atoms with Gasteiger partial charge in [-0.25, -0.2) is 4.79 Å². The number of rotatable bonds is 7. The lowest BCUT2D eigenvalue weighted by Crippen LogP contribution is -2.30. The molecule has 0 radical (unpaired) electrons. The van der Waals surface area contributed by atoms with Gasteiger partial charge in [-0.05, 0) is 45.6 Å². The molecule has 1 aromatic carbocycles. The Morgan fingerprint density at radius 1 is 1.37 bits per heavy atom. The predicted octanol–water partition coefficient (Wildman–Crippen LogP) is 1.90. The number of hydrogen-bond donors (Lipinski definition) is 1. The van der Waals surface area contributed by atoms with E-state index in [0.717, 1.165) is 18.5 Å². The molecule has 0 aliphatic carbocycles. The summed E-state index contributed by atoms with van der Waals surface area (Å²) in [6.45, 7) is 3.89. The van der Waals surface area contributed by atoms with Crippen LogP contribution in [0.15, 0.2) is 24.3 Å². The Hall–Kier alpha value is -1.39. The molecule has 1 aromatic rings. The molecule has 4 heteroatoms. The molecule has 0 heterocycles. The predicted molar refractivity (Wildman–Crippen MR) is 77.3 cm³/mol. The van der Waals surface area contributed by atoms with Gasteiger partial charge in [0, 0.05) is 12.6 Å². The van der Waals surface area contributed by atoms with E-state index in [-0.39, 0.29) is 5.97 Å². The second-order valence-electron chi connectivity index (χ2n) is 5.02. The number of ether oxygens (including phenoxy) is 1. The maximum Gasteiger partial charge on any atom is 0.338 e. The minimum atomic E-state index is -0.279. The van der Waals surface area contributed by atoms with Crippen LogP contribution in [0.1, 0.15) is 29.3 Å². The van der Waals surface area contributed by atoms with Gasteiger partial charge < -0.3 is 15.0 Å². The van der Waals surface area contributed by atoms with Crippen molar-refractivity contribution in [1.82, 2.24) is 10.2 Å². The lowest BCUT2D eigenvalue weighted by Gasteiger charge is -2.17. The van der Waals surface area contributed by atoms with E-state index in [1.54, 1.807) is 6.07 Å². The normalized spacial score (nSPS) is 12.5. The minimum absolute atomic E-state index is 0.279. The van der Waals surface area contributed by atoms with Gasteiger partial charge in [0.2, 0.25) is 0 Å². The average Bonchev–Trinajstić information content (AvgIpc) is 2.42. The number of hydrogen-bond acceptors (Lipinski definition) is 4. The lowest BCUT2D eigenvalue weighted by atomic mass is 10.1. The molecular formula is C15H24N2O2. The van der Waals surface area contributed by atoms with Crippen LogP contribution in [0.2, 0.25) is 0 Å². The molecule has 0 aliphatic rings. The number of methoxy groups -OCH3 is 1. The monoisotopic (exact) mass is 264 g/mol. The van der Waals surface area contributed by atoms with Gasteiger partial charge >= 0.3 is 5.97 Å². The number of carbonyl (C=O) groups excluding carboxylic acids is 1. The Bertz CT molecular complexity index is 405. The molecule has 1 rings (SSSR count). The smallest absolute Gasteiger partial charge is 0.338 e. The third-order valence-corrected chi connectivity index (χ3v) is 3.07. The molecule has 1 atom stereocenters. The van der Waals surface area contributed by atoms with Gasteiger partial charge in [0.05, 0.1) is 12.7 Å². The quantitative estimate of drug-likeness (QED) is 0.764. The van der Waals surface area contributed by atoms with Crippen LogP contribution in [-0.2, 0) is 11.3 Å². The van der Waals surface area contributed by atoms with Crippen LogP contribution in [0, 0.1) is 0 Å². The highest BCUT2D eigenvalue weighted by molar-refractivity contribution is 5.90. The van der Waals surface area contributed by atoms with E-state index in [2.05, 4.69) is 31.2 Å². The van der Waals surface area contributed by atoms with Gasteiger partial charge in [-0.15, -0.1) is 0 Å². The van der Waals surface area contributed by atoms with Crippen molar-refractivity contribution < 1.29 is 9.53 Å². The Kier molecular flexibility index (Phi) is 6.53. The Labute approximate surface area is 115 Å². The highest BCUT2D eigenvalue weighted by Crippen LogP contribution is 2.10. The molecule has 0 aromatic heterocycles. The summed E-state index contributed by atoms with van der Waals surface area (Å²) in [5.41, 5.74) is 1.61. The van der Waals surface area contributed by atoms with Crippen LogP contribution >= 0.6 is 0 Å². The standard InChI is InChI=1S/C15H24N2O2/c1-12(9-10-17(2)3)16-11-13-7-5-6-8-14(13)15(18)19-4/h5-8,12,16H,9-11H2,1-4H3. The lowest BCUT2D eigenvalue weighted by molar-refractivity contribution is 0.0599. The van der Waals surface area contributed by atoms with Crippen molar-refractivity contribution in [2.75, 3.05) is 27.7 Å². The van der Waals surface area contributed by atoms with E-state index in [9.17, 15) is 4.79 Å². The Morgan fingerprint density at radius 3 is 2.68 bits per heavy atom. The van der Waals surface area contributed by atoms with E-state index in [1.165, 1.54) is 7.11 Å². The van der Waals surface area contributed by atoms with E-state index in [4.69, 9.17) is 4.74 Å². The van der Waals surface area contributed by atoms with Crippen LogP contribution in [0.3, 0.4) is 0 Å². The first-order valence-electron chi connectivity index (χ1n) is 6.59. The molecular weight excluding hydrogens is 240 g/mol. The van der Waals surface area contributed by atoms with Crippen LogP contribution in [0.4, 0.5) is 0 Å². The summed E-state index contributed by atoms with van der Waals surface area (Å²) in [6.07, 6.45) is 1.08. The average molecular weight is 264 g/mol. The zero-order chi connectivity index (χ0) is 14.3. The fourth-order valence-corrected chi connectivity index (χ4v) is 1.82. The van der Waals surface area contributed by atoms with Crippen LogP contribution < -0.4 is 5.32 Å². The molecule has 0 saturated heterocycles. The topological polar surface area (TPSA) is 41.6 Å². The highest BCUT2D eigenvalue weighted by atomic mass is 16.5. The molecule has 4 nitrogen and oxygen atoms in total. The van der Waals surface area contributed by atoms with Gasteiger partial charge in [0.15, 0.2) is 0 Å². The summed E-state index contributed by atoms with van der Waals surface area (Å²) in [7, 11) is 5.55. The van der Waals surface area contributed by atoms with Crippen molar-refractivity contribution >= 4 is 5.97 Å².